The van der Waals surface area contributed by atoms with Gasteiger partial charge >= 0.3 is 0 Å². The van der Waals surface area contributed by atoms with Gasteiger partial charge in [0, 0.05) is 30.0 Å². The van der Waals surface area contributed by atoms with Crippen molar-refractivity contribution >= 4 is 11.6 Å². The fourth-order valence-electron chi connectivity index (χ4n) is 3.14. The average Bonchev–Trinajstić information content (AvgIpc) is 2.98. The molecule has 3 rings (SSSR count). The van der Waals surface area contributed by atoms with Crippen LogP contribution in [0, 0.1) is 19.8 Å². The second-order valence-corrected chi connectivity index (χ2v) is 6.90. The number of fused-ring (bicyclic) bond motifs is 1. The highest BCUT2D eigenvalue weighted by atomic mass is 16.1. The van der Waals surface area contributed by atoms with Crippen LogP contribution in [0.4, 0.5) is 0 Å². The molecular formula is C20H24N4O. The first-order valence-corrected chi connectivity index (χ1v) is 8.62. The molecule has 0 aromatic carbocycles. The molecule has 0 aliphatic carbocycles. The zero-order valence-electron chi connectivity index (χ0n) is 15.2. The van der Waals surface area contributed by atoms with Gasteiger partial charge in [0.05, 0.1) is 11.6 Å². The fraction of sp³-hybridized carbons (Fsp3) is 0.350. The zero-order chi connectivity index (χ0) is 18.0. The maximum absolute atomic E-state index is 12.9. The molecule has 3 heterocycles. The Balaban J connectivity index is 1.92. The number of aryl methyl sites for hydroxylation is 2. The number of rotatable bonds is 5. The first-order chi connectivity index (χ1) is 12.0. The van der Waals surface area contributed by atoms with E-state index in [-0.39, 0.29) is 11.9 Å². The molecular weight excluding hydrogens is 312 g/mol. The van der Waals surface area contributed by atoms with Crippen molar-refractivity contribution in [2.45, 2.75) is 40.2 Å². The maximum Gasteiger partial charge on any atom is 0.255 e. The van der Waals surface area contributed by atoms with E-state index < -0.39 is 0 Å². The second-order valence-electron chi connectivity index (χ2n) is 6.90. The van der Waals surface area contributed by atoms with E-state index >= 15 is 0 Å². The minimum atomic E-state index is -0.102. The Bertz CT molecular complexity index is 883. The molecule has 0 saturated carbocycles. The van der Waals surface area contributed by atoms with E-state index in [4.69, 9.17) is 0 Å². The zero-order valence-corrected chi connectivity index (χ0v) is 15.2. The van der Waals surface area contributed by atoms with Crippen LogP contribution >= 0.6 is 0 Å². The third-order valence-corrected chi connectivity index (χ3v) is 4.28. The number of carbonyl (C=O) groups excluding carboxylic acids is 1. The number of nitrogens with zero attached hydrogens (tertiary/aromatic N) is 3. The number of aromatic nitrogens is 3. The first kappa shape index (κ1) is 17.1. The maximum atomic E-state index is 12.9. The molecule has 1 unspecified atom stereocenters. The summed E-state index contributed by atoms with van der Waals surface area (Å²) < 4.78 is 1.95. The average molecular weight is 336 g/mol. The van der Waals surface area contributed by atoms with Gasteiger partial charge in [0.15, 0.2) is 0 Å². The third-order valence-electron chi connectivity index (χ3n) is 4.28. The molecule has 0 radical (unpaired) electrons. The van der Waals surface area contributed by atoms with Crippen molar-refractivity contribution in [2.24, 2.45) is 5.92 Å². The van der Waals surface area contributed by atoms with Crippen molar-refractivity contribution in [1.82, 2.24) is 19.7 Å². The second kappa shape index (κ2) is 7.05. The molecule has 0 fully saturated rings. The first-order valence-electron chi connectivity index (χ1n) is 8.62. The van der Waals surface area contributed by atoms with Crippen molar-refractivity contribution in [1.29, 1.82) is 0 Å². The summed E-state index contributed by atoms with van der Waals surface area (Å²) in [5.41, 5.74) is 4.29. The van der Waals surface area contributed by atoms with Gasteiger partial charge in [-0.25, -0.2) is 4.98 Å². The van der Waals surface area contributed by atoms with Crippen LogP contribution in [0.15, 0.2) is 42.9 Å². The Morgan fingerprint density at radius 1 is 1.28 bits per heavy atom. The monoisotopic (exact) mass is 336 g/mol. The van der Waals surface area contributed by atoms with E-state index in [1.165, 1.54) is 0 Å². The van der Waals surface area contributed by atoms with Gasteiger partial charge in [-0.3, -0.25) is 9.78 Å². The lowest BCUT2D eigenvalue weighted by molar-refractivity contribution is 0.0933. The molecule has 0 bridgehead atoms. The van der Waals surface area contributed by atoms with Gasteiger partial charge in [-0.1, -0.05) is 19.9 Å². The predicted octanol–water partition coefficient (Wildman–Crippen LogP) is 3.86. The molecule has 0 spiro atoms. The van der Waals surface area contributed by atoms with Crippen molar-refractivity contribution in [3.63, 3.8) is 0 Å². The summed E-state index contributed by atoms with van der Waals surface area (Å²) in [6, 6.07) is 7.68. The smallest absolute Gasteiger partial charge is 0.255 e. The van der Waals surface area contributed by atoms with Gasteiger partial charge in [-0.15, -0.1) is 0 Å². The molecule has 130 valence electrons. The molecule has 1 N–H and O–H groups in total. The SMILES string of the molecule is Cc1cc(C)n2ccc(C(=O)NC(CC(C)C)c3cccnc3)c2n1. The van der Waals surface area contributed by atoms with Crippen molar-refractivity contribution in [3.05, 3.63) is 65.4 Å². The van der Waals surface area contributed by atoms with Gasteiger partial charge in [0.1, 0.15) is 5.65 Å². The van der Waals surface area contributed by atoms with Crippen molar-refractivity contribution < 1.29 is 4.79 Å². The van der Waals surface area contributed by atoms with E-state index in [1.54, 1.807) is 6.20 Å². The molecule has 1 amide bonds. The van der Waals surface area contributed by atoms with Crippen molar-refractivity contribution in [3.8, 4) is 0 Å². The summed E-state index contributed by atoms with van der Waals surface area (Å²) >= 11 is 0. The van der Waals surface area contributed by atoms with Gasteiger partial charge in [0.25, 0.3) is 5.91 Å². The van der Waals surface area contributed by atoms with Gasteiger partial charge in [-0.05, 0) is 49.9 Å². The van der Waals surface area contributed by atoms with Crippen LogP contribution in [0.3, 0.4) is 0 Å². The number of hydrogen-bond acceptors (Lipinski definition) is 3. The number of nitrogens with one attached hydrogen (secondary N) is 1. The van der Waals surface area contributed by atoms with E-state index in [2.05, 4.69) is 29.1 Å². The van der Waals surface area contributed by atoms with Crippen LogP contribution in [0.25, 0.3) is 5.65 Å². The van der Waals surface area contributed by atoms with Crippen LogP contribution in [0.1, 0.15) is 53.6 Å². The molecule has 5 nitrogen and oxygen atoms in total. The molecule has 3 aromatic heterocycles. The lowest BCUT2D eigenvalue weighted by Crippen LogP contribution is -2.29. The molecule has 25 heavy (non-hydrogen) atoms. The summed E-state index contributed by atoms with van der Waals surface area (Å²) in [6.45, 7) is 8.26. The van der Waals surface area contributed by atoms with E-state index in [1.807, 2.05) is 54.9 Å². The predicted molar refractivity (Wildman–Crippen MR) is 98.6 cm³/mol. The highest BCUT2D eigenvalue weighted by Gasteiger charge is 2.20. The Kier molecular flexibility index (Phi) is 4.83. The number of amides is 1. The largest absolute Gasteiger partial charge is 0.345 e. The quantitative estimate of drug-likeness (QED) is 0.769. The van der Waals surface area contributed by atoms with Crippen LogP contribution in [-0.4, -0.2) is 20.3 Å². The number of hydrogen-bond donors (Lipinski definition) is 1. The molecule has 5 heteroatoms. The Morgan fingerprint density at radius 2 is 2.08 bits per heavy atom. The highest BCUT2D eigenvalue weighted by molar-refractivity contribution is 6.00. The lowest BCUT2D eigenvalue weighted by atomic mass is 9.98. The van der Waals surface area contributed by atoms with Crippen LogP contribution < -0.4 is 5.32 Å². The minimum absolute atomic E-state index is 0.0675. The third kappa shape index (κ3) is 3.71. The summed E-state index contributed by atoms with van der Waals surface area (Å²) in [5.74, 6) is 0.355. The van der Waals surface area contributed by atoms with E-state index in [0.717, 1.165) is 23.4 Å². The summed E-state index contributed by atoms with van der Waals surface area (Å²) in [4.78, 5) is 21.7. The van der Waals surface area contributed by atoms with E-state index in [0.29, 0.717) is 17.1 Å². The van der Waals surface area contributed by atoms with Crippen LogP contribution in [-0.2, 0) is 0 Å². The van der Waals surface area contributed by atoms with E-state index in [9.17, 15) is 4.79 Å². The molecule has 3 aromatic rings. The fourth-order valence-corrected chi connectivity index (χ4v) is 3.14. The Hall–Kier alpha value is -2.69. The van der Waals surface area contributed by atoms with Gasteiger partial charge < -0.3 is 9.72 Å². The Morgan fingerprint density at radius 3 is 2.76 bits per heavy atom. The summed E-state index contributed by atoms with van der Waals surface area (Å²) in [6.07, 6.45) is 6.31. The standard InChI is InChI=1S/C20H24N4O/c1-13(2)10-18(16-6-5-8-21-12-16)23-20(25)17-7-9-24-15(4)11-14(3)22-19(17)24/h5-9,11-13,18H,10H2,1-4H3,(H,23,25). The van der Waals surface area contributed by atoms with Gasteiger partial charge in [-0.2, -0.15) is 0 Å². The number of pyridine rings is 1. The molecule has 0 saturated heterocycles. The minimum Gasteiger partial charge on any atom is -0.345 e. The topological polar surface area (TPSA) is 59.3 Å². The highest BCUT2D eigenvalue weighted by Crippen LogP contribution is 2.22. The van der Waals surface area contributed by atoms with Gasteiger partial charge in [0.2, 0.25) is 0 Å². The molecule has 1 atom stereocenters. The molecule has 0 aliphatic rings. The summed E-state index contributed by atoms with van der Waals surface area (Å²) in [7, 11) is 0. The molecule has 0 aliphatic heterocycles. The Labute approximate surface area is 148 Å². The number of carbonyl (C=O) groups is 1. The normalized spacial score (nSPS) is 12.5. The summed E-state index contributed by atoms with van der Waals surface area (Å²) in [5, 5.41) is 3.17. The van der Waals surface area contributed by atoms with Crippen LogP contribution in [0.5, 0.6) is 0 Å². The lowest BCUT2D eigenvalue weighted by Gasteiger charge is -2.20. The van der Waals surface area contributed by atoms with Crippen LogP contribution in [0.2, 0.25) is 0 Å². The van der Waals surface area contributed by atoms with Crippen molar-refractivity contribution in [2.75, 3.05) is 0 Å².